The van der Waals surface area contributed by atoms with E-state index in [0.29, 0.717) is 23.5 Å². The van der Waals surface area contributed by atoms with Gasteiger partial charge in [-0.1, -0.05) is 23.4 Å². The number of benzene rings is 1. The molecule has 0 spiro atoms. The molecule has 3 aromatic rings. The van der Waals surface area contributed by atoms with Crippen LogP contribution in [0.4, 0.5) is 5.13 Å². The minimum Gasteiger partial charge on any atom is -0.390 e. The first-order valence-corrected chi connectivity index (χ1v) is 11.6. The lowest BCUT2D eigenvalue weighted by Crippen LogP contribution is -2.24. The highest BCUT2D eigenvalue weighted by atomic mass is 32.2. The highest BCUT2D eigenvalue weighted by Crippen LogP contribution is 2.33. The average molecular weight is 443 g/mol. The Morgan fingerprint density at radius 2 is 2.00 bits per heavy atom. The fourth-order valence-electron chi connectivity index (χ4n) is 2.69. The number of pyridine rings is 1. The lowest BCUT2D eigenvalue weighted by atomic mass is 10.1. The molecular weight excluding hydrogens is 424 g/mol. The number of thiazole rings is 1. The predicted octanol–water partition coefficient (Wildman–Crippen LogP) is 3.03. The third kappa shape index (κ3) is 4.71. The van der Waals surface area contributed by atoms with Crippen LogP contribution in [0.15, 0.2) is 70.4 Å². The van der Waals surface area contributed by atoms with Crippen molar-refractivity contribution in [3.63, 3.8) is 0 Å². The van der Waals surface area contributed by atoms with Gasteiger partial charge >= 0.3 is 0 Å². The number of amides is 1. The topological polar surface area (TPSA) is 111 Å². The van der Waals surface area contributed by atoms with E-state index >= 15 is 0 Å². The summed E-state index contributed by atoms with van der Waals surface area (Å²) in [5, 5.41) is 8.55. The summed E-state index contributed by atoms with van der Waals surface area (Å²) < 4.78 is 24.8. The molecular formula is C20H18N4O4S2. The molecule has 1 N–H and O–H groups in total. The van der Waals surface area contributed by atoms with Crippen molar-refractivity contribution in [3.05, 3.63) is 71.5 Å². The minimum absolute atomic E-state index is 0.0180. The number of hydrogen-bond donors (Lipinski definition) is 1. The molecule has 1 fully saturated rings. The van der Waals surface area contributed by atoms with Crippen molar-refractivity contribution in [1.82, 2.24) is 9.97 Å². The average Bonchev–Trinajstić information content (AvgIpc) is 3.51. The predicted molar refractivity (Wildman–Crippen MR) is 113 cm³/mol. The Hall–Kier alpha value is -3.11. The van der Waals surface area contributed by atoms with E-state index in [4.69, 9.17) is 4.84 Å². The van der Waals surface area contributed by atoms with Crippen LogP contribution in [0.2, 0.25) is 0 Å². The molecule has 1 aromatic carbocycles. The van der Waals surface area contributed by atoms with Gasteiger partial charge in [0.05, 0.1) is 10.1 Å². The van der Waals surface area contributed by atoms with Gasteiger partial charge in [0.1, 0.15) is 6.61 Å². The molecule has 0 unspecified atom stereocenters. The Morgan fingerprint density at radius 1 is 1.20 bits per heavy atom. The minimum atomic E-state index is -3.31. The van der Waals surface area contributed by atoms with Gasteiger partial charge in [0, 0.05) is 35.1 Å². The van der Waals surface area contributed by atoms with Crippen LogP contribution in [0.25, 0.3) is 0 Å². The lowest BCUT2D eigenvalue weighted by molar-refractivity contribution is -0.110. The molecule has 1 aliphatic rings. The van der Waals surface area contributed by atoms with Crippen LogP contribution in [0.5, 0.6) is 0 Å². The molecule has 0 atom stereocenters. The Balaban J connectivity index is 1.57. The van der Waals surface area contributed by atoms with Gasteiger partial charge in [-0.05, 0) is 31.0 Å². The van der Waals surface area contributed by atoms with Crippen LogP contribution in [0.3, 0.4) is 0 Å². The van der Waals surface area contributed by atoms with Crippen molar-refractivity contribution in [2.45, 2.75) is 29.6 Å². The van der Waals surface area contributed by atoms with Crippen LogP contribution in [-0.2, 0) is 26.1 Å². The molecule has 2 aromatic heterocycles. The molecule has 0 aliphatic heterocycles. The van der Waals surface area contributed by atoms with Crippen molar-refractivity contribution < 1.29 is 18.0 Å². The Morgan fingerprint density at radius 3 is 2.63 bits per heavy atom. The fraction of sp³-hybridized carbons (Fsp3) is 0.200. The van der Waals surface area contributed by atoms with Crippen LogP contribution in [-0.4, -0.2) is 35.3 Å². The second kappa shape index (κ2) is 8.72. The highest BCUT2D eigenvalue weighted by Gasteiger charge is 2.36. The van der Waals surface area contributed by atoms with Crippen LogP contribution in [0.1, 0.15) is 24.0 Å². The van der Waals surface area contributed by atoms with E-state index in [0.717, 1.165) is 5.56 Å². The zero-order valence-electron chi connectivity index (χ0n) is 15.8. The van der Waals surface area contributed by atoms with Gasteiger partial charge in [-0.25, -0.2) is 13.4 Å². The quantitative estimate of drug-likeness (QED) is 0.424. The van der Waals surface area contributed by atoms with Gasteiger partial charge in [-0.15, -0.1) is 11.3 Å². The van der Waals surface area contributed by atoms with Crippen molar-refractivity contribution in [1.29, 1.82) is 0 Å². The van der Waals surface area contributed by atoms with E-state index in [1.165, 1.54) is 23.5 Å². The van der Waals surface area contributed by atoms with Crippen molar-refractivity contribution in [2.75, 3.05) is 5.32 Å². The molecule has 0 radical (unpaired) electrons. The number of hydrogen-bond acceptors (Lipinski definition) is 8. The molecule has 30 heavy (non-hydrogen) atoms. The summed E-state index contributed by atoms with van der Waals surface area (Å²) in [5.41, 5.74) is 1.25. The Bertz CT molecular complexity index is 1140. The molecule has 2 heterocycles. The third-order valence-corrected chi connectivity index (χ3v) is 7.36. The number of nitrogens with one attached hydrogen (secondary N) is 1. The summed E-state index contributed by atoms with van der Waals surface area (Å²) in [4.78, 5) is 26.4. The Kier molecular flexibility index (Phi) is 5.86. The maximum Gasteiger partial charge on any atom is 0.280 e. The standard InChI is InChI=1S/C20H18N4O4S2/c25-19(23-20-22-10-11-29-20)18(24-28-13-14-2-1-9-21-12-14)15-3-5-16(6-4-15)30(26,27)17-7-8-17/h1-6,9-12,17H,7-8,13H2,(H,22,23,25). The Labute approximate surface area is 177 Å². The van der Waals surface area contributed by atoms with Gasteiger partial charge in [0.15, 0.2) is 20.7 Å². The first-order valence-electron chi connectivity index (χ1n) is 9.18. The maximum absolute atomic E-state index is 12.8. The monoisotopic (exact) mass is 442 g/mol. The number of nitrogens with zero attached hydrogens (tertiary/aromatic N) is 3. The molecule has 1 saturated carbocycles. The summed E-state index contributed by atoms with van der Waals surface area (Å²) >= 11 is 1.27. The normalized spacial score (nSPS) is 14.3. The van der Waals surface area contributed by atoms with E-state index in [2.05, 4.69) is 20.4 Å². The number of sulfone groups is 1. The first kappa shape index (κ1) is 20.2. The second-order valence-corrected chi connectivity index (χ2v) is 9.76. The molecule has 8 nitrogen and oxygen atoms in total. The van der Waals surface area contributed by atoms with E-state index in [-0.39, 0.29) is 22.5 Å². The molecule has 1 amide bonds. The van der Waals surface area contributed by atoms with E-state index in [9.17, 15) is 13.2 Å². The fourth-order valence-corrected chi connectivity index (χ4v) is 4.88. The van der Waals surface area contributed by atoms with E-state index in [1.807, 2.05) is 6.07 Å². The van der Waals surface area contributed by atoms with Crippen LogP contribution >= 0.6 is 11.3 Å². The maximum atomic E-state index is 12.8. The molecule has 10 heteroatoms. The van der Waals surface area contributed by atoms with Gasteiger partial charge in [0.2, 0.25) is 0 Å². The van der Waals surface area contributed by atoms with Gasteiger partial charge in [-0.3, -0.25) is 15.1 Å². The van der Waals surface area contributed by atoms with Crippen molar-refractivity contribution >= 4 is 37.9 Å². The number of rotatable bonds is 8. The molecule has 154 valence electrons. The third-order valence-electron chi connectivity index (χ3n) is 4.40. The highest BCUT2D eigenvalue weighted by molar-refractivity contribution is 7.92. The van der Waals surface area contributed by atoms with Crippen LogP contribution < -0.4 is 5.32 Å². The summed E-state index contributed by atoms with van der Waals surface area (Å²) in [6.45, 7) is 0.135. The van der Waals surface area contributed by atoms with Gasteiger partial charge in [0.25, 0.3) is 5.91 Å². The number of aromatic nitrogens is 2. The second-order valence-electron chi connectivity index (χ2n) is 6.63. The number of anilines is 1. The van der Waals surface area contributed by atoms with Crippen LogP contribution in [0, 0.1) is 0 Å². The van der Waals surface area contributed by atoms with E-state index < -0.39 is 15.7 Å². The SMILES string of the molecule is O=C(Nc1nccs1)C(=NOCc1cccnc1)c1ccc(S(=O)(=O)C2CC2)cc1. The van der Waals surface area contributed by atoms with Crippen molar-refractivity contribution in [2.24, 2.45) is 5.16 Å². The zero-order chi connectivity index (χ0) is 21.0. The smallest absolute Gasteiger partial charge is 0.280 e. The number of oxime groups is 1. The zero-order valence-corrected chi connectivity index (χ0v) is 17.4. The first-order chi connectivity index (χ1) is 14.5. The summed E-state index contributed by atoms with van der Waals surface area (Å²) in [7, 11) is -3.31. The molecule has 0 saturated heterocycles. The van der Waals surface area contributed by atoms with E-state index in [1.54, 1.807) is 42.2 Å². The number of carbonyl (C=O) groups is 1. The number of carbonyl (C=O) groups excluding carboxylic acids is 1. The largest absolute Gasteiger partial charge is 0.390 e. The molecule has 0 bridgehead atoms. The lowest BCUT2D eigenvalue weighted by Gasteiger charge is -2.08. The molecule has 1 aliphatic carbocycles. The van der Waals surface area contributed by atoms with Crippen molar-refractivity contribution in [3.8, 4) is 0 Å². The summed E-state index contributed by atoms with van der Waals surface area (Å²) in [6.07, 6.45) is 6.25. The summed E-state index contributed by atoms with van der Waals surface area (Å²) in [6, 6.07) is 9.71. The molecule has 4 rings (SSSR count). The van der Waals surface area contributed by atoms with Gasteiger partial charge < -0.3 is 4.84 Å². The summed E-state index contributed by atoms with van der Waals surface area (Å²) in [5.74, 6) is -0.506. The van der Waals surface area contributed by atoms with Gasteiger partial charge in [-0.2, -0.15) is 0 Å².